The van der Waals surface area contributed by atoms with E-state index in [2.05, 4.69) is 0 Å². The Labute approximate surface area is 139 Å². The Bertz CT molecular complexity index is 736. The van der Waals surface area contributed by atoms with Gasteiger partial charge in [-0.2, -0.15) is 8.61 Å². The minimum Gasteiger partial charge on any atom is -0.212 e. The van der Waals surface area contributed by atoms with Crippen LogP contribution < -0.4 is 0 Å². The van der Waals surface area contributed by atoms with Crippen molar-refractivity contribution in [1.82, 2.24) is 8.61 Å². The van der Waals surface area contributed by atoms with Crippen LogP contribution in [0.5, 0.6) is 0 Å². The van der Waals surface area contributed by atoms with Crippen LogP contribution in [0, 0.1) is 6.92 Å². The van der Waals surface area contributed by atoms with E-state index < -0.39 is 20.0 Å². The highest BCUT2D eigenvalue weighted by molar-refractivity contribution is 7.89. The molecule has 0 bridgehead atoms. The second kappa shape index (κ2) is 7.29. The van der Waals surface area contributed by atoms with Crippen LogP contribution >= 0.6 is 0 Å². The molecule has 0 unspecified atom stereocenters. The third-order valence-electron chi connectivity index (χ3n) is 4.05. The third kappa shape index (κ3) is 4.53. The van der Waals surface area contributed by atoms with Crippen LogP contribution in [0.15, 0.2) is 24.3 Å². The molecule has 1 saturated heterocycles. The van der Waals surface area contributed by atoms with Crippen LogP contribution in [0.1, 0.15) is 24.5 Å². The summed E-state index contributed by atoms with van der Waals surface area (Å²) in [7, 11) is -6.68. The summed E-state index contributed by atoms with van der Waals surface area (Å²) in [5.41, 5.74) is 1.73. The molecule has 6 nitrogen and oxygen atoms in total. The first-order chi connectivity index (χ1) is 10.8. The van der Waals surface area contributed by atoms with E-state index in [1.165, 1.54) is 8.61 Å². The number of benzene rings is 1. The summed E-state index contributed by atoms with van der Waals surface area (Å²) in [5, 5.41) is 0. The Morgan fingerprint density at radius 1 is 0.913 bits per heavy atom. The quantitative estimate of drug-likeness (QED) is 0.763. The topological polar surface area (TPSA) is 74.8 Å². The van der Waals surface area contributed by atoms with Crippen molar-refractivity contribution in [2.45, 2.75) is 26.0 Å². The molecular formula is C15H24N2O4S2. The molecule has 1 fully saturated rings. The number of nitrogens with zero attached hydrogens (tertiary/aromatic N) is 2. The van der Waals surface area contributed by atoms with E-state index in [4.69, 9.17) is 0 Å². The van der Waals surface area contributed by atoms with E-state index in [-0.39, 0.29) is 37.7 Å². The molecule has 1 aliphatic heterocycles. The number of sulfonamides is 2. The lowest BCUT2D eigenvalue weighted by molar-refractivity contribution is 0.272. The molecule has 1 aliphatic rings. The van der Waals surface area contributed by atoms with Crippen molar-refractivity contribution in [3.63, 3.8) is 0 Å². The SMILES string of the molecule is CCCS(=O)(=O)N1CCN(S(=O)(=O)Cc2ccccc2C)CC1. The zero-order valence-electron chi connectivity index (χ0n) is 13.6. The average Bonchev–Trinajstić information content (AvgIpc) is 2.49. The molecule has 8 heteroatoms. The van der Waals surface area contributed by atoms with Crippen molar-refractivity contribution in [1.29, 1.82) is 0 Å². The monoisotopic (exact) mass is 360 g/mol. The van der Waals surface area contributed by atoms with Crippen LogP contribution in [-0.4, -0.2) is 57.4 Å². The predicted octanol–water partition coefficient (Wildman–Crippen LogP) is 1.18. The van der Waals surface area contributed by atoms with Gasteiger partial charge in [-0.3, -0.25) is 0 Å². The molecule has 0 aromatic heterocycles. The fraction of sp³-hybridized carbons (Fsp3) is 0.600. The molecule has 0 saturated carbocycles. The number of aryl methyl sites for hydroxylation is 1. The lowest BCUT2D eigenvalue weighted by Crippen LogP contribution is -2.51. The zero-order chi connectivity index (χ0) is 17.1. The van der Waals surface area contributed by atoms with Gasteiger partial charge in [-0.25, -0.2) is 16.8 Å². The van der Waals surface area contributed by atoms with Gasteiger partial charge < -0.3 is 0 Å². The highest BCUT2D eigenvalue weighted by Gasteiger charge is 2.31. The van der Waals surface area contributed by atoms with Gasteiger partial charge in [0.15, 0.2) is 0 Å². The molecule has 2 rings (SSSR count). The van der Waals surface area contributed by atoms with Gasteiger partial charge in [-0.15, -0.1) is 0 Å². The van der Waals surface area contributed by atoms with Crippen molar-refractivity contribution in [2.75, 3.05) is 31.9 Å². The Balaban J connectivity index is 2.03. The largest absolute Gasteiger partial charge is 0.218 e. The highest BCUT2D eigenvalue weighted by Crippen LogP contribution is 2.17. The van der Waals surface area contributed by atoms with Gasteiger partial charge in [-0.1, -0.05) is 31.2 Å². The zero-order valence-corrected chi connectivity index (χ0v) is 15.2. The van der Waals surface area contributed by atoms with Gasteiger partial charge in [-0.05, 0) is 24.5 Å². The summed E-state index contributed by atoms with van der Waals surface area (Å²) >= 11 is 0. The molecule has 0 radical (unpaired) electrons. The lowest BCUT2D eigenvalue weighted by atomic mass is 10.1. The fourth-order valence-corrected chi connectivity index (χ4v) is 5.79. The van der Waals surface area contributed by atoms with Gasteiger partial charge >= 0.3 is 0 Å². The van der Waals surface area contributed by atoms with Gasteiger partial charge in [0.25, 0.3) is 0 Å². The standard InChI is InChI=1S/C15H24N2O4S2/c1-3-12-22(18,19)16-8-10-17(11-9-16)23(20,21)13-15-7-5-4-6-14(15)2/h4-7H,3,8-13H2,1-2H3. The first-order valence-electron chi connectivity index (χ1n) is 7.76. The van der Waals surface area contributed by atoms with E-state index >= 15 is 0 Å². The van der Waals surface area contributed by atoms with Gasteiger partial charge in [0, 0.05) is 26.2 Å². The second-order valence-corrected chi connectivity index (χ2v) is 9.85. The van der Waals surface area contributed by atoms with E-state index in [0.717, 1.165) is 11.1 Å². The van der Waals surface area contributed by atoms with E-state index in [1.807, 2.05) is 38.1 Å². The number of hydrogen-bond acceptors (Lipinski definition) is 4. The second-order valence-electron chi connectivity index (χ2n) is 5.80. The number of piperazine rings is 1. The maximum Gasteiger partial charge on any atom is 0.218 e. The molecule has 0 atom stereocenters. The third-order valence-corrected chi connectivity index (χ3v) is 7.95. The normalized spacial score (nSPS) is 18.2. The summed E-state index contributed by atoms with van der Waals surface area (Å²) in [6, 6.07) is 7.41. The molecular weight excluding hydrogens is 336 g/mol. The molecule has 1 heterocycles. The molecule has 0 N–H and O–H groups in total. The van der Waals surface area contributed by atoms with Crippen molar-refractivity contribution >= 4 is 20.0 Å². The van der Waals surface area contributed by atoms with Crippen LogP contribution in [0.2, 0.25) is 0 Å². The summed E-state index contributed by atoms with van der Waals surface area (Å²) < 4.78 is 52.0. The minimum absolute atomic E-state index is 0.0403. The number of rotatable bonds is 6. The maximum absolute atomic E-state index is 12.5. The van der Waals surface area contributed by atoms with Crippen molar-refractivity contribution in [3.8, 4) is 0 Å². The number of hydrogen-bond donors (Lipinski definition) is 0. The van der Waals surface area contributed by atoms with Crippen molar-refractivity contribution in [2.24, 2.45) is 0 Å². The Morgan fingerprint density at radius 2 is 1.43 bits per heavy atom. The summed E-state index contributed by atoms with van der Waals surface area (Å²) in [4.78, 5) is 0. The van der Waals surface area contributed by atoms with E-state index in [9.17, 15) is 16.8 Å². The fourth-order valence-electron chi connectivity index (χ4n) is 2.67. The Morgan fingerprint density at radius 3 is 1.96 bits per heavy atom. The van der Waals surface area contributed by atoms with Crippen LogP contribution in [0.3, 0.4) is 0 Å². The minimum atomic E-state index is -3.43. The maximum atomic E-state index is 12.5. The predicted molar refractivity (Wildman–Crippen MR) is 91.0 cm³/mol. The molecule has 0 amide bonds. The van der Waals surface area contributed by atoms with Crippen LogP contribution in [0.25, 0.3) is 0 Å². The van der Waals surface area contributed by atoms with Crippen molar-refractivity contribution in [3.05, 3.63) is 35.4 Å². The average molecular weight is 361 g/mol. The first-order valence-corrected chi connectivity index (χ1v) is 11.0. The smallest absolute Gasteiger partial charge is 0.212 e. The van der Waals surface area contributed by atoms with Crippen LogP contribution in [-0.2, 0) is 25.8 Å². The first kappa shape index (κ1) is 18.4. The van der Waals surface area contributed by atoms with Gasteiger partial charge in [0.05, 0.1) is 11.5 Å². The lowest BCUT2D eigenvalue weighted by Gasteiger charge is -2.33. The Kier molecular flexibility index (Phi) is 5.83. The summed E-state index contributed by atoms with van der Waals surface area (Å²) in [6.45, 7) is 4.61. The highest BCUT2D eigenvalue weighted by atomic mass is 32.2. The molecule has 1 aromatic rings. The molecule has 1 aromatic carbocycles. The molecule has 23 heavy (non-hydrogen) atoms. The van der Waals surface area contributed by atoms with Crippen LogP contribution in [0.4, 0.5) is 0 Å². The summed E-state index contributed by atoms with van der Waals surface area (Å²) in [6.07, 6.45) is 0.564. The summed E-state index contributed by atoms with van der Waals surface area (Å²) in [5.74, 6) is 0.0738. The molecule has 0 aliphatic carbocycles. The van der Waals surface area contributed by atoms with E-state index in [0.29, 0.717) is 6.42 Å². The van der Waals surface area contributed by atoms with Gasteiger partial charge in [0.2, 0.25) is 20.0 Å². The molecule has 130 valence electrons. The Hall–Kier alpha value is -0.960. The van der Waals surface area contributed by atoms with E-state index in [1.54, 1.807) is 0 Å². The van der Waals surface area contributed by atoms with Gasteiger partial charge in [0.1, 0.15) is 0 Å². The molecule has 0 spiro atoms. The van der Waals surface area contributed by atoms with Crippen molar-refractivity contribution < 1.29 is 16.8 Å².